The number of nitrogens with zero attached hydrogens (tertiary/aromatic N) is 1. The molecule has 0 saturated carbocycles. The normalized spacial score (nSPS) is 12.8. The molecule has 3 aromatic rings. The second-order valence-electron chi connectivity index (χ2n) is 5.41. The molecule has 0 spiro atoms. The maximum absolute atomic E-state index is 12.2. The van der Waals surface area contributed by atoms with Gasteiger partial charge < -0.3 is 15.0 Å². The molecule has 0 saturated heterocycles. The number of fused-ring (bicyclic) bond motifs is 1. The Labute approximate surface area is 140 Å². The van der Waals surface area contributed by atoms with Gasteiger partial charge in [0.25, 0.3) is 5.91 Å². The van der Waals surface area contributed by atoms with Gasteiger partial charge in [-0.05, 0) is 43.3 Å². The van der Waals surface area contributed by atoms with Crippen molar-refractivity contribution < 1.29 is 22.7 Å². The summed E-state index contributed by atoms with van der Waals surface area (Å²) in [4.78, 5) is 19.7. The minimum absolute atomic E-state index is 0.220. The topological polar surface area (TPSA) is 67.0 Å². The van der Waals surface area contributed by atoms with Crippen molar-refractivity contribution in [2.45, 2.75) is 19.3 Å². The monoisotopic (exact) mass is 349 g/mol. The molecule has 0 aliphatic rings. The van der Waals surface area contributed by atoms with Gasteiger partial charge in [-0.3, -0.25) is 4.79 Å². The average Bonchev–Trinajstić information content (AvgIpc) is 2.98. The number of H-pyrrole nitrogens is 1. The third kappa shape index (κ3) is 4.09. The average molecular weight is 349 g/mol. The molecule has 1 aromatic heterocycles. The maximum Gasteiger partial charge on any atom is 0.573 e. The fourth-order valence-electron chi connectivity index (χ4n) is 2.33. The Kier molecular flexibility index (Phi) is 4.35. The van der Waals surface area contributed by atoms with E-state index in [4.69, 9.17) is 0 Å². The number of carbonyl (C=O) groups is 1. The summed E-state index contributed by atoms with van der Waals surface area (Å²) < 4.78 is 40.2. The summed E-state index contributed by atoms with van der Waals surface area (Å²) in [5.41, 5.74) is 1.86. The van der Waals surface area contributed by atoms with Gasteiger partial charge in [0.2, 0.25) is 0 Å². The summed E-state index contributed by atoms with van der Waals surface area (Å²) in [6.45, 7) is 1.76. The second-order valence-corrected chi connectivity index (χ2v) is 5.41. The third-order valence-electron chi connectivity index (χ3n) is 3.52. The highest BCUT2D eigenvalue weighted by atomic mass is 19.4. The highest BCUT2D eigenvalue weighted by Crippen LogP contribution is 2.23. The molecule has 8 heteroatoms. The van der Waals surface area contributed by atoms with Gasteiger partial charge in [-0.2, -0.15) is 0 Å². The summed E-state index contributed by atoms with van der Waals surface area (Å²) in [6, 6.07) is 11.8. The van der Waals surface area contributed by atoms with Crippen LogP contribution >= 0.6 is 0 Å². The maximum atomic E-state index is 12.2. The highest BCUT2D eigenvalue weighted by molar-refractivity contribution is 5.94. The lowest BCUT2D eigenvalue weighted by Crippen LogP contribution is -2.27. The number of hydrogen-bond acceptors (Lipinski definition) is 3. The molecule has 2 N–H and O–H groups in total. The van der Waals surface area contributed by atoms with Crippen LogP contribution in [-0.2, 0) is 0 Å². The fraction of sp³-hybridized carbons (Fsp3) is 0.176. The highest BCUT2D eigenvalue weighted by Gasteiger charge is 2.31. The molecule has 1 heterocycles. The third-order valence-corrected chi connectivity index (χ3v) is 3.52. The number of carbonyl (C=O) groups excluding carboxylic acids is 1. The zero-order valence-corrected chi connectivity index (χ0v) is 13.1. The van der Waals surface area contributed by atoms with E-state index in [0.29, 0.717) is 5.82 Å². The van der Waals surface area contributed by atoms with Crippen molar-refractivity contribution in [1.29, 1.82) is 0 Å². The number of para-hydroxylation sites is 2. The van der Waals surface area contributed by atoms with Gasteiger partial charge in [-0.25, -0.2) is 4.98 Å². The Morgan fingerprint density at radius 2 is 1.84 bits per heavy atom. The zero-order valence-electron chi connectivity index (χ0n) is 13.1. The molecule has 1 unspecified atom stereocenters. The first kappa shape index (κ1) is 16.8. The number of nitrogens with one attached hydrogen (secondary N) is 2. The quantitative estimate of drug-likeness (QED) is 0.749. The van der Waals surface area contributed by atoms with Gasteiger partial charge in [0.15, 0.2) is 0 Å². The number of benzene rings is 2. The Morgan fingerprint density at radius 3 is 2.48 bits per heavy atom. The molecule has 0 fully saturated rings. The summed E-state index contributed by atoms with van der Waals surface area (Å²) in [7, 11) is 0. The lowest BCUT2D eigenvalue weighted by Gasteiger charge is -2.12. The number of ether oxygens (including phenoxy) is 1. The number of aromatic nitrogens is 2. The molecule has 0 radical (unpaired) electrons. The molecule has 2 aromatic carbocycles. The van der Waals surface area contributed by atoms with Gasteiger partial charge in [0.1, 0.15) is 11.6 Å². The number of halogens is 3. The Hall–Kier alpha value is -3.03. The van der Waals surface area contributed by atoms with Gasteiger partial charge in [-0.1, -0.05) is 12.1 Å². The predicted molar refractivity (Wildman–Crippen MR) is 85.1 cm³/mol. The van der Waals surface area contributed by atoms with E-state index in [2.05, 4.69) is 20.0 Å². The van der Waals surface area contributed by atoms with Crippen molar-refractivity contribution in [3.8, 4) is 5.75 Å². The number of imidazole rings is 1. The van der Waals surface area contributed by atoms with Crippen LogP contribution in [0.1, 0.15) is 29.1 Å². The molecule has 3 rings (SSSR count). The smallest absolute Gasteiger partial charge is 0.406 e. The van der Waals surface area contributed by atoms with Gasteiger partial charge in [0.05, 0.1) is 17.1 Å². The largest absolute Gasteiger partial charge is 0.573 e. The van der Waals surface area contributed by atoms with Gasteiger partial charge >= 0.3 is 6.36 Å². The number of alkyl halides is 3. The van der Waals surface area contributed by atoms with E-state index in [0.717, 1.165) is 23.2 Å². The molecule has 0 bridgehead atoms. The Morgan fingerprint density at radius 1 is 1.16 bits per heavy atom. The molecule has 0 aliphatic heterocycles. The van der Waals surface area contributed by atoms with Crippen LogP contribution in [0.15, 0.2) is 48.5 Å². The number of amides is 1. The van der Waals surface area contributed by atoms with E-state index in [1.54, 1.807) is 6.92 Å². The van der Waals surface area contributed by atoms with Crippen molar-refractivity contribution >= 4 is 16.9 Å². The van der Waals surface area contributed by atoms with E-state index in [1.165, 1.54) is 12.1 Å². The predicted octanol–water partition coefficient (Wildman–Crippen LogP) is 3.95. The second kappa shape index (κ2) is 6.46. The van der Waals surface area contributed by atoms with Crippen molar-refractivity contribution in [3.63, 3.8) is 0 Å². The molecule has 25 heavy (non-hydrogen) atoms. The summed E-state index contributed by atoms with van der Waals surface area (Å²) in [5.74, 6) is -0.215. The Balaban J connectivity index is 1.68. The van der Waals surface area contributed by atoms with E-state index in [9.17, 15) is 18.0 Å². The first-order valence-corrected chi connectivity index (χ1v) is 7.43. The zero-order chi connectivity index (χ0) is 18.0. The van der Waals surface area contributed by atoms with Crippen LogP contribution < -0.4 is 10.1 Å². The van der Waals surface area contributed by atoms with Crippen LogP contribution in [0.4, 0.5) is 13.2 Å². The van der Waals surface area contributed by atoms with E-state index < -0.39 is 18.3 Å². The minimum Gasteiger partial charge on any atom is -0.406 e. The lowest BCUT2D eigenvalue weighted by molar-refractivity contribution is -0.274. The summed E-state index contributed by atoms with van der Waals surface area (Å²) in [5, 5.41) is 2.75. The number of rotatable bonds is 4. The standard InChI is InChI=1S/C17H14F3N3O2/c1-10(15-22-13-4-2-3-5-14(13)23-15)21-16(24)11-6-8-12(9-7-11)25-17(18,19)20/h2-10H,1H3,(H,21,24)(H,22,23). The number of hydrogen-bond donors (Lipinski definition) is 2. The van der Waals surface area contributed by atoms with Crippen molar-refractivity contribution in [1.82, 2.24) is 15.3 Å². The molecular formula is C17H14F3N3O2. The van der Waals surface area contributed by atoms with E-state index in [-0.39, 0.29) is 11.3 Å². The van der Waals surface area contributed by atoms with E-state index >= 15 is 0 Å². The molecule has 130 valence electrons. The SMILES string of the molecule is CC(NC(=O)c1ccc(OC(F)(F)F)cc1)c1nc2ccccc2[nH]1. The summed E-state index contributed by atoms with van der Waals surface area (Å²) >= 11 is 0. The summed E-state index contributed by atoms with van der Waals surface area (Å²) in [6.07, 6.45) is -4.76. The lowest BCUT2D eigenvalue weighted by atomic mass is 10.2. The van der Waals surface area contributed by atoms with E-state index in [1.807, 2.05) is 24.3 Å². The number of aromatic amines is 1. The fourth-order valence-corrected chi connectivity index (χ4v) is 2.33. The molecule has 1 amide bonds. The minimum atomic E-state index is -4.76. The van der Waals surface area contributed by atoms with Crippen molar-refractivity contribution in [3.05, 3.63) is 59.9 Å². The van der Waals surface area contributed by atoms with Crippen LogP contribution in [0.25, 0.3) is 11.0 Å². The van der Waals surface area contributed by atoms with Crippen LogP contribution in [0.5, 0.6) is 5.75 Å². The first-order chi connectivity index (χ1) is 11.8. The van der Waals surface area contributed by atoms with Gasteiger partial charge in [-0.15, -0.1) is 13.2 Å². The molecular weight excluding hydrogens is 335 g/mol. The van der Waals surface area contributed by atoms with Crippen molar-refractivity contribution in [2.24, 2.45) is 0 Å². The van der Waals surface area contributed by atoms with Gasteiger partial charge in [0, 0.05) is 5.56 Å². The van der Waals surface area contributed by atoms with Crippen LogP contribution in [-0.4, -0.2) is 22.2 Å². The molecule has 1 atom stereocenters. The van der Waals surface area contributed by atoms with Crippen molar-refractivity contribution in [2.75, 3.05) is 0 Å². The first-order valence-electron chi connectivity index (χ1n) is 7.43. The van der Waals surface area contributed by atoms with Crippen LogP contribution in [0.2, 0.25) is 0 Å². The Bertz CT molecular complexity index is 855. The molecule has 0 aliphatic carbocycles. The molecule has 5 nitrogen and oxygen atoms in total. The van der Waals surface area contributed by atoms with Crippen LogP contribution in [0, 0.1) is 0 Å². The van der Waals surface area contributed by atoms with Crippen LogP contribution in [0.3, 0.4) is 0 Å².